The van der Waals surface area contributed by atoms with E-state index in [2.05, 4.69) is 5.16 Å². The highest BCUT2D eigenvalue weighted by molar-refractivity contribution is 5.80. The molecule has 0 radical (unpaired) electrons. The van der Waals surface area contributed by atoms with Crippen molar-refractivity contribution in [2.75, 3.05) is 20.2 Å². The molecule has 0 amide bonds. The molecule has 0 bridgehead atoms. The maximum atomic E-state index is 11.4. The van der Waals surface area contributed by atoms with Gasteiger partial charge in [0.15, 0.2) is 0 Å². The number of amidine groups is 1. The smallest absolute Gasteiger partial charge is 0.323 e. The zero-order valence-electron chi connectivity index (χ0n) is 8.85. The molecular formula is C9H17N3O3. The van der Waals surface area contributed by atoms with Crippen molar-refractivity contribution in [3.63, 3.8) is 0 Å². The fraction of sp³-hybridized carbons (Fsp3) is 0.778. The highest BCUT2D eigenvalue weighted by atomic mass is 16.5. The van der Waals surface area contributed by atoms with E-state index in [1.807, 2.05) is 4.90 Å². The predicted octanol–water partition coefficient (Wildman–Crippen LogP) is -0.240. The fourth-order valence-electron chi connectivity index (χ4n) is 1.80. The van der Waals surface area contributed by atoms with Gasteiger partial charge in [-0.3, -0.25) is 9.69 Å². The van der Waals surface area contributed by atoms with Gasteiger partial charge in [-0.05, 0) is 19.4 Å². The molecule has 1 atom stereocenters. The first-order valence-electron chi connectivity index (χ1n) is 4.97. The summed E-state index contributed by atoms with van der Waals surface area (Å²) in [4.78, 5) is 13.4. The molecule has 1 aliphatic heterocycles. The molecule has 6 heteroatoms. The Morgan fingerprint density at radius 2 is 2.47 bits per heavy atom. The van der Waals surface area contributed by atoms with Crippen molar-refractivity contribution in [3.8, 4) is 0 Å². The van der Waals surface area contributed by atoms with E-state index in [0.29, 0.717) is 13.0 Å². The molecular weight excluding hydrogens is 198 g/mol. The lowest BCUT2D eigenvalue weighted by atomic mass is 10.2. The molecule has 1 heterocycles. The van der Waals surface area contributed by atoms with E-state index in [-0.39, 0.29) is 17.8 Å². The summed E-state index contributed by atoms with van der Waals surface area (Å²) in [5, 5.41) is 11.3. The van der Waals surface area contributed by atoms with Crippen molar-refractivity contribution in [3.05, 3.63) is 0 Å². The van der Waals surface area contributed by atoms with Crippen LogP contribution in [0.25, 0.3) is 0 Å². The summed E-state index contributed by atoms with van der Waals surface area (Å²) < 4.78 is 4.71. The lowest BCUT2D eigenvalue weighted by Crippen LogP contribution is -2.38. The van der Waals surface area contributed by atoms with E-state index in [1.54, 1.807) is 0 Å². The molecule has 1 aliphatic rings. The molecule has 86 valence electrons. The normalized spacial score (nSPS) is 23.0. The van der Waals surface area contributed by atoms with Gasteiger partial charge in [0, 0.05) is 13.0 Å². The number of likely N-dealkylation sites (tertiary alicyclic amines) is 1. The number of hydrogen-bond donors (Lipinski definition) is 2. The minimum atomic E-state index is -0.202. The number of nitrogens with zero attached hydrogens (tertiary/aromatic N) is 2. The Balaban J connectivity index is 2.43. The minimum Gasteiger partial charge on any atom is -0.468 e. The fourth-order valence-corrected chi connectivity index (χ4v) is 1.80. The van der Waals surface area contributed by atoms with Gasteiger partial charge in [0.25, 0.3) is 0 Å². The van der Waals surface area contributed by atoms with Gasteiger partial charge < -0.3 is 15.7 Å². The Hall–Kier alpha value is -1.30. The Morgan fingerprint density at radius 1 is 1.73 bits per heavy atom. The van der Waals surface area contributed by atoms with Crippen LogP contribution in [0.1, 0.15) is 19.3 Å². The third kappa shape index (κ3) is 3.09. The van der Waals surface area contributed by atoms with E-state index in [0.717, 1.165) is 19.4 Å². The SMILES string of the molecule is COC(=O)C1CCCN1CC/C(N)=N/O. The molecule has 0 aromatic heterocycles. The molecule has 0 saturated carbocycles. The van der Waals surface area contributed by atoms with Crippen LogP contribution in [0.3, 0.4) is 0 Å². The molecule has 1 saturated heterocycles. The second-order valence-electron chi connectivity index (χ2n) is 3.56. The van der Waals surface area contributed by atoms with Gasteiger partial charge in [-0.25, -0.2) is 0 Å². The van der Waals surface area contributed by atoms with Gasteiger partial charge in [-0.1, -0.05) is 5.16 Å². The molecule has 0 aromatic rings. The van der Waals surface area contributed by atoms with Crippen LogP contribution in [0, 0.1) is 0 Å². The van der Waals surface area contributed by atoms with E-state index in [9.17, 15) is 4.79 Å². The topological polar surface area (TPSA) is 88.2 Å². The molecule has 1 rings (SSSR count). The zero-order chi connectivity index (χ0) is 11.3. The third-order valence-electron chi connectivity index (χ3n) is 2.62. The minimum absolute atomic E-state index is 0.165. The number of methoxy groups -OCH3 is 1. The van der Waals surface area contributed by atoms with Gasteiger partial charge in [0.05, 0.1) is 7.11 Å². The summed E-state index contributed by atoms with van der Waals surface area (Å²) >= 11 is 0. The molecule has 6 nitrogen and oxygen atoms in total. The summed E-state index contributed by atoms with van der Waals surface area (Å²) in [6.07, 6.45) is 2.27. The van der Waals surface area contributed by atoms with Crippen LogP contribution in [0.15, 0.2) is 5.16 Å². The molecule has 1 unspecified atom stereocenters. The Labute approximate surface area is 88.7 Å². The van der Waals surface area contributed by atoms with Crippen LogP contribution in [0.2, 0.25) is 0 Å². The molecule has 0 aliphatic carbocycles. The number of carbonyl (C=O) groups excluding carboxylic acids is 1. The largest absolute Gasteiger partial charge is 0.468 e. The van der Waals surface area contributed by atoms with E-state index < -0.39 is 0 Å². The molecule has 15 heavy (non-hydrogen) atoms. The Kier molecular flexibility index (Phi) is 4.36. The van der Waals surface area contributed by atoms with Gasteiger partial charge >= 0.3 is 5.97 Å². The molecule has 0 aromatic carbocycles. The van der Waals surface area contributed by atoms with E-state index >= 15 is 0 Å². The van der Waals surface area contributed by atoms with Gasteiger partial charge in [-0.2, -0.15) is 0 Å². The number of oxime groups is 1. The summed E-state index contributed by atoms with van der Waals surface area (Å²) in [7, 11) is 1.39. The Morgan fingerprint density at radius 3 is 3.07 bits per heavy atom. The van der Waals surface area contributed by atoms with Crippen molar-refractivity contribution < 1.29 is 14.7 Å². The van der Waals surface area contributed by atoms with E-state index in [4.69, 9.17) is 15.7 Å². The van der Waals surface area contributed by atoms with Crippen LogP contribution in [-0.2, 0) is 9.53 Å². The van der Waals surface area contributed by atoms with Crippen LogP contribution in [0.5, 0.6) is 0 Å². The average molecular weight is 215 g/mol. The first-order chi connectivity index (χ1) is 7.19. The second kappa shape index (κ2) is 5.55. The number of rotatable bonds is 4. The van der Waals surface area contributed by atoms with Crippen LogP contribution >= 0.6 is 0 Å². The standard InChI is InChI=1S/C9H17N3O3/c1-15-9(13)7-3-2-5-12(7)6-4-8(10)11-14/h7,14H,2-6H2,1H3,(H2,10,11). The summed E-state index contributed by atoms with van der Waals surface area (Å²) in [6, 6.07) is -0.165. The second-order valence-corrected chi connectivity index (χ2v) is 3.56. The van der Waals surface area contributed by atoms with E-state index in [1.165, 1.54) is 7.11 Å². The molecule has 0 spiro atoms. The average Bonchev–Trinajstić information content (AvgIpc) is 2.72. The Bertz CT molecular complexity index is 255. The first kappa shape index (κ1) is 11.8. The summed E-state index contributed by atoms with van der Waals surface area (Å²) in [6.45, 7) is 1.48. The lowest BCUT2D eigenvalue weighted by molar-refractivity contribution is -0.145. The highest BCUT2D eigenvalue weighted by Crippen LogP contribution is 2.18. The quantitative estimate of drug-likeness (QED) is 0.222. The zero-order valence-corrected chi connectivity index (χ0v) is 8.85. The summed E-state index contributed by atoms with van der Waals surface area (Å²) in [5.74, 6) is -0.0162. The number of nitrogens with two attached hydrogens (primary N) is 1. The summed E-state index contributed by atoms with van der Waals surface area (Å²) in [5.41, 5.74) is 5.36. The molecule has 1 fully saturated rings. The predicted molar refractivity (Wildman–Crippen MR) is 54.6 cm³/mol. The van der Waals surface area contributed by atoms with Gasteiger partial charge in [-0.15, -0.1) is 0 Å². The van der Waals surface area contributed by atoms with Crippen molar-refractivity contribution in [1.29, 1.82) is 0 Å². The van der Waals surface area contributed by atoms with Crippen molar-refractivity contribution in [2.45, 2.75) is 25.3 Å². The van der Waals surface area contributed by atoms with Crippen LogP contribution in [-0.4, -0.2) is 48.2 Å². The lowest BCUT2D eigenvalue weighted by Gasteiger charge is -2.21. The van der Waals surface area contributed by atoms with Crippen molar-refractivity contribution in [1.82, 2.24) is 4.90 Å². The monoisotopic (exact) mass is 215 g/mol. The first-order valence-corrected chi connectivity index (χ1v) is 4.97. The van der Waals surface area contributed by atoms with Crippen LogP contribution in [0.4, 0.5) is 0 Å². The highest BCUT2D eigenvalue weighted by Gasteiger charge is 2.30. The number of hydrogen-bond acceptors (Lipinski definition) is 5. The number of carbonyl (C=O) groups is 1. The van der Waals surface area contributed by atoms with Crippen molar-refractivity contribution in [2.24, 2.45) is 10.9 Å². The van der Waals surface area contributed by atoms with Gasteiger partial charge in [0.1, 0.15) is 11.9 Å². The number of esters is 1. The maximum absolute atomic E-state index is 11.4. The maximum Gasteiger partial charge on any atom is 0.323 e. The molecule has 3 N–H and O–H groups in total. The van der Waals surface area contributed by atoms with Crippen LogP contribution < -0.4 is 5.73 Å². The van der Waals surface area contributed by atoms with Crippen molar-refractivity contribution >= 4 is 11.8 Å². The van der Waals surface area contributed by atoms with Gasteiger partial charge in [0.2, 0.25) is 0 Å². The number of ether oxygens (including phenoxy) is 1. The third-order valence-corrected chi connectivity index (χ3v) is 2.62.